The van der Waals surface area contributed by atoms with E-state index in [-0.39, 0.29) is 11.3 Å². The molecule has 2 aromatic carbocycles. The average molecular weight is 386 g/mol. The fourth-order valence-electron chi connectivity index (χ4n) is 3.40. The highest BCUT2D eigenvalue weighted by Gasteiger charge is 2.18. The minimum atomic E-state index is -0.174. The van der Waals surface area contributed by atoms with Gasteiger partial charge in [-0.2, -0.15) is 0 Å². The lowest BCUT2D eigenvalue weighted by atomic mass is 9.87. The normalized spacial score (nSPS) is 14.9. The molecule has 4 nitrogen and oxygen atoms in total. The lowest BCUT2D eigenvalue weighted by molar-refractivity contribution is 0.102. The van der Waals surface area contributed by atoms with Gasteiger partial charge in [0.15, 0.2) is 0 Å². The molecule has 0 unspecified atom stereocenters. The number of amides is 1. The van der Waals surface area contributed by atoms with E-state index >= 15 is 0 Å². The third-order valence-electron chi connectivity index (χ3n) is 5.07. The number of hydrogen-bond acceptors (Lipinski definition) is 3. The first-order valence-electron chi connectivity index (χ1n) is 9.51. The van der Waals surface area contributed by atoms with Gasteiger partial charge in [0.25, 0.3) is 5.91 Å². The van der Waals surface area contributed by atoms with E-state index in [1.807, 2.05) is 30.3 Å². The second kappa shape index (κ2) is 7.81. The van der Waals surface area contributed by atoms with Crippen LogP contribution in [0.15, 0.2) is 36.4 Å². The number of hydrogen-bond donors (Lipinski definition) is 2. The third kappa shape index (κ3) is 4.56. The molecule has 1 aliphatic heterocycles. The minimum absolute atomic E-state index is 0.0542. The molecule has 1 aliphatic rings. The maximum Gasteiger partial charge on any atom is 0.255 e. The molecule has 3 rings (SSSR count). The molecule has 0 atom stereocenters. The Labute approximate surface area is 166 Å². The summed E-state index contributed by atoms with van der Waals surface area (Å²) in [4.78, 5) is 15.0. The van der Waals surface area contributed by atoms with Crippen molar-refractivity contribution in [3.8, 4) is 0 Å². The summed E-state index contributed by atoms with van der Waals surface area (Å²) in [5, 5.41) is 3.39. The highest BCUT2D eigenvalue weighted by atomic mass is 35.5. The molecule has 0 radical (unpaired) electrons. The van der Waals surface area contributed by atoms with Gasteiger partial charge in [-0.25, -0.2) is 0 Å². The Morgan fingerprint density at radius 2 is 1.70 bits per heavy atom. The number of nitrogens with zero attached hydrogens (tertiary/aromatic N) is 1. The zero-order valence-electron chi connectivity index (χ0n) is 16.3. The van der Waals surface area contributed by atoms with Crippen molar-refractivity contribution in [2.45, 2.75) is 45.4 Å². The fourth-order valence-corrected chi connectivity index (χ4v) is 3.62. The van der Waals surface area contributed by atoms with Crippen LogP contribution in [0.1, 0.15) is 56.0 Å². The van der Waals surface area contributed by atoms with Crippen molar-refractivity contribution in [3.05, 3.63) is 52.5 Å². The van der Waals surface area contributed by atoms with Gasteiger partial charge < -0.3 is 16.0 Å². The van der Waals surface area contributed by atoms with E-state index in [2.05, 4.69) is 31.0 Å². The molecule has 1 heterocycles. The maximum absolute atomic E-state index is 12.7. The molecule has 27 heavy (non-hydrogen) atoms. The van der Waals surface area contributed by atoms with E-state index in [0.717, 1.165) is 31.6 Å². The molecular formula is C22H28ClN3O. The average Bonchev–Trinajstić information content (AvgIpc) is 2.64. The van der Waals surface area contributed by atoms with Crippen LogP contribution in [0.4, 0.5) is 17.1 Å². The number of piperidine rings is 1. The van der Waals surface area contributed by atoms with Gasteiger partial charge in [-0.15, -0.1) is 0 Å². The smallest absolute Gasteiger partial charge is 0.255 e. The van der Waals surface area contributed by atoms with Gasteiger partial charge >= 0.3 is 0 Å². The predicted octanol–water partition coefficient (Wildman–Crippen LogP) is 5.46. The summed E-state index contributed by atoms with van der Waals surface area (Å²) in [5.41, 5.74) is 10.2. The molecule has 1 saturated heterocycles. The number of anilines is 3. The molecule has 0 bridgehead atoms. The summed E-state index contributed by atoms with van der Waals surface area (Å²) in [6, 6.07) is 11.3. The molecule has 3 N–H and O–H groups in total. The molecule has 5 heteroatoms. The van der Waals surface area contributed by atoms with Gasteiger partial charge in [0, 0.05) is 18.7 Å². The number of nitrogens with one attached hydrogen (secondary N) is 1. The lowest BCUT2D eigenvalue weighted by Gasteiger charge is -2.30. The first-order valence-corrected chi connectivity index (χ1v) is 9.89. The maximum atomic E-state index is 12.7. The quantitative estimate of drug-likeness (QED) is 0.689. The Balaban J connectivity index is 1.81. The van der Waals surface area contributed by atoms with E-state index in [1.54, 1.807) is 6.07 Å². The first-order chi connectivity index (χ1) is 12.8. The van der Waals surface area contributed by atoms with Crippen LogP contribution in [0, 0.1) is 0 Å². The number of benzene rings is 2. The molecule has 0 spiro atoms. The van der Waals surface area contributed by atoms with E-state index in [1.165, 1.54) is 12.0 Å². The summed E-state index contributed by atoms with van der Waals surface area (Å²) in [5.74, 6) is -0.174. The molecule has 0 saturated carbocycles. The van der Waals surface area contributed by atoms with E-state index in [0.29, 0.717) is 22.0 Å². The van der Waals surface area contributed by atoms with Gasteiger partial charge in [-0.1, -0.05) is 44.5 Å². The van der Waals surface area contributed by atoms with Crippen LogP contribution in [0.5, 0.6) is 0 Å². The molecule has 0 aliphatic carbocycles. The van der Waals surface area contributed by atoms with Gasteiger partial charge in [0.1, 0.15) is 0 Å². The Morgan fingerprint density at radius 3 is 2.30 bits per heavy atom. The van der Waals surface area contributed by atoms with Crippen molar-refractivity contribution >= 4 is 34.6 Å². The number of halogens is 1. The van der Waals surface area contributed by atoms with E-state index in [4.69, 9.17) is 17.3 Å². The Kier molecular flexibility index (Phi) is 5.66. The van der Waals surface area contributed by atoms with E-state index < -0.39 is 0 Å². The Morgan fingerprint density at radius 1 is 1.07 bits per heavy atom. The van der Waals surface area contributed by atoms with Gasteiger partial charge in [-0.3, -0.25) is 4.79 Å². The molecular weight excluding hydrogens is 358 g/mol. The number of carbonyl (C=O) groups is 1. The fraction of sp³-hybridized carbons (Fsp3) is 0.409. The highest BCUT2D eigenvalue weighted by molar-refractivity contribution is 6.34. The zero-order chi connectivity index (χ0) is 19.6. The van der Waals surface area contributed by atoms with Crippen LogP contribution in [-0.2, 0) is 5.41 Å². The Hall–Kier alpha value is -2.20. The van der Waals surface area contributed by atoms with Crippen molar-refractivity contribution < 1.29 is 4.79 Å². The molecule has 2 aromatic rings. The Bertz CT molecular complexity index is 819. The number of nitrogen functional groups attached to an aromatic ring is 1. The summed E-state index contributed by atoms with van der Waals surface area (Å²) in [6.45, 7) is 8.41. The lowest BCUT2D eigenvalue weighted by Crippen LogP contribution is -2.30. The largest absolute Gasteiger partial charge is 0.397 e. The van der Waals surface area contributed by atoms with Crippen molar-refractivity contribution in [1.82, 2.24) is 0 Å². The first kappa shape index (κ1) is 19.6. The summed E-state index contributed by atoms with van der Waals surface area (Å²) in [6.07, 6.45) is 3.56. The summed E-state index contributed by atoms with van der Waals surface area (Å²) >= 11 is 6.34. The van der Waals surface area contributed by atoms with Crippen LogP contribution in [0.25, 0.3) is 0 Å². The van der Waals surface area contributed by atoms with Crippen molar-refractivity contribution in [1.29, 1.82) is 0 Å². The zero-order valence-corrected chi connectivity index (χ0v) is 17.1. The molecule has 144 valence electrons. The number of carbonyl (C=O) groups excluding carboxylic acids is 1. The number of nitrogens with two attached hydrogens (primary N) is 1. The summed E-state index contributed by atoms with van der Waals surface area (Å²) in [7, 11) is 0. The molecule has 1 amide bonds. The molecule has 1 fully saturated rings. The van der Waals surface area contributed by atoms with Crippen molar-refractivity contribution in [3.63, 3.8) is 0 Å². The second-order valence-electron chi connectivity index (χ2n) is 8.22. The van der Waals surface area contributed by atoms with Crippen LogP contribution in [-0.4, -0.2) is 19.0 Å². The van der Waals surface area contributed by atoms with Gasteiger partial charge in [0.05, 0.1) is 22.1 Å². The monoisotopic (exact) mass is 385 g/mol. The van der Waals surface area contributed by atoms with Crippen molar-refractivity contribution in [2.75, 3.05) is 29.0 Å². The highest BCUT2D eigenvalue weighted by Crippen LogP contribution is 2.35. The summed E-state index contributed by atoms with van der Waals surface area (Å²) < 4.78 is 0. The van der Waals surface area contributed by atoms with Crippen LogP contribution in [0.3, 0.4) is 0 Å². The van der Waals surface area contributed by atoms with Crippen molar-refractivity contribution in [2.24, 2.45) is 0 Å². The SMILES string of the molecule is CC(C)(C)c1ccc(C(=O)Nc2cc(N3CCCCC3)c(N)cc2Cl)cc1. The van der Waals surface area contributed by atoms with Crippen LogP contribution in [0.2, 0.25) is 5.02 Å². The standard InChI is InChI=1S/C22H28ClN3O/c1-22(2,3)16-9-7-15(8-10-16)21(27)25-19-14-20(18(24)13-17(19)23)26-11-5-4-6-12-26/h7-10,13-14H,4-6,11-12,24H2,1-3H3,(H,25,27). The molecule has 0 aromatic heterocycles. The van der Waals surface area contributed by atoms with Crippen LogP contribution >= 0.6 is 11.6 Å². The number of rotatable bonds is 3. The van der Waals surface area contributed by atoms with Crippen LogP contribution < -0.4 is 16.0 Å². The predicted molar refractivity (Wildman–Crippen MR) is 115 cm³/mol. The van der Waals surface area contributed by atoms with Gasteiger partial charge in [0.2, 0.25) is 0 Å². The van der Waals surface area contributed by atoms with E-state index in [9.17, 15) is 4.79 Å². The minimum Gasteiger partial charge on any atom is -0.397 e. The van der Waals surface area contributed by atoms with Gasteiger partial charge in [-0.05, 0) is 54.5 Å². The second-order valence-corrected chi connectivity index (χ2v) is 8.63. The topological polar surface area (TPSA) is 58.4 Å². The third-order valence-corrected chi connectivity index (χ3v) is 5.39.